The fourth-order valence-electron chi connectivity index (χ4n) is 4.96. The number of nitrogens with zero attached hydrogens (tertiary/aromatic N) is 3. The van der Waals surface area contributed by atoms with Gasteiger partial charge >= 0.3 is 6.61 Å². The second-order valence-corrected chi connectivity index (χ2v) is 8.49. The van der Waals surface area contributed by atoms with Crippen LogP contribution in [0, 0.1) is 11.8 Å². The van der Waals surface area contributed by atoms with E-state index in [9.17, 15) is 13.6 Å². The molecule has 8 heteroatoms. The molecule has 0 N–H and O–H groups in total. The van der Waals surface area contributed by atoms with Crippen LogP contribution in [0.5, 0.6) is 11.5 Å². The fraction of sp³-hybridized carbons (Fsp3) is 0.214. The van der Waals surface area contributed by atoms with E-state index >= 15 is 0 Å². The Hall–Kier alpha value is -4.38. The molecule has 36 heavy (non-hydrogen) atoms. The highest BCUT2D eigenvalue weighted by atomic mass is 19.3. The van der Waals surface area contributed by atoms with Crippen LogP contribution in [-0.2, 0) is 0 Å². The first-order chi connectivity index (χ1) is 18.7. The minimum Gasteiger partial charge on any atom is -0.481 e. The number of hydrogen-bond acceptors (Lipinski definition) is 4. The Balaban J connectivity index is 1.45. The summed E-state index contributed by atoms with van der Waals surface area (Å²) in [6, 6.07) is 17.3. The Labute approximate surface area is 210 Å². The summed E-state index contributed by atoms with van der Waals surface area (Å²) >= 11 is 0. The number of amides is 1. The molecule has 0 saturated carbocycles. The summed E-state index contributed by atoms with van der Waals surface area (Å²) in [7, 11) is 0. The van der Waals surface area contributed by atoms with Gasteiger partial charge in [-0.3, -0.25) is 4.79 Å². The predicted octanol–water partition coefficient (Wildman–Crippen LogP) is 5.19. The number of hydrogen-bond donors (Lipinski definition) is 0. The third-order valence-corrected chi connectivity index (χ3v) is 6.44. The first-order valence-electron chi connectivity index (χ1n) is 12.8. The number of carbonyl (C=O) groups is 1. The zero-order valence-corrected chi connectivity index (χ0v) is 18.8. The molecule has 2 aliphatic rings. The van der Waals surface area contributed by atoms with E-state index in [4.69, 9.17) is 13.6 Å². The zero-order chi connectivity index (χ0) is 27.3. The molecule has 6 rings (SSSR count). The van der Waals surface area contributed by atoms with E-state index in [1.54, 1.807) is 12.1 Å². The molecule has 3 aromatic carbocycles. The molecule has 6 nitrogen and oxygen atoms in total. The summed E-state index contributed by atoms with van der Waals surface area (Å²) in [6.07, 6.45) is 0.153. The lowest BCUT2D eigenvalue weighted by molar-refractivity contribution is -0.0507. The summed E-state index contributed by atoms with van der Waals surface area (Å²) in [5.74, 6) is 6.16. The monoisotopic (exact) mass is 488 g/mol. The third-order valence-electron chi connectivity index (χ3n) is 6.44. The van der Waals surface area contributed by atoms with Gasteiger partial charge in [-0.25, -0.2) is 4.98 Å². The van der Waals surface area contributed by atoms with Crippen molar-refractivity contribution in [1.82, 2.24) is 14.5 Å². The van der Waals surface area contributed by atoms with Crippen LogP contribution in [0.3, 0.4) is 0 Å². The fourth-order valence-corrected chi connectivity index (χ4v) is 4.96. The Bertz CT molecular complexity index is 1640. The molecule has 0 saturated heterocycles. The molecule has 2 atom stereocenters. The molecule has 3 heterocycles. The summed E-state index contributed by atoms with van der Waals surface area (Å²) in [5.41, 5.74) is 2.11. The van der Waals surface area contributed by atoms with E-state index in [0.717, 1.165) is 4.90 Å². The summed E-state index contributed by atoms with van der Waals surface area (Å²) in [5, 5.41) is 0. The van der Waals surface area contributed by atoms with Crippen LogP contribution < -0.4 is 9.47 Å². The summed E-state index contributed by atoms with van der Waals surface area (Å²) in [4.78, 5) is 19.0. The summed E-state index contributed by atoms with van der Waals surface area (Å²) < 4.78 is 63.2. The smallest absolute Gasteiger partial charge is 0.387 e. The first-order valence-corrected chi connectivity index (χ1v) is 11.3. The number of alkyl halides is 2. The molecule has 1 amide bonds. The molecule has 1 aromatic heterocycles. The van der Waals surface area contributed by atoms with E-state index < -0.39 is 31.6 Å². The molecular weight excluding hydrogens is 464 g/mol. The van der Waals surface area contributed by atoms with Gasteiger partial charge in [-0.05, 0) is 42.5 Å². The largest absolute Gasteiger partial charge is 0.481 e. The molecule has 0 unspecified atom stereocenters. The van der Waals surface area contributed by atoms with Gasteiger partial charge in [0.25, 0.3) is 5.91 Å². The Morgan fingerprint density at radius 3 is 2.81 bits per heavy atom. The van der Waals surface area contributed by atoms with E-state index in [-0.39, 0.29) is 29.9 Å². The van der Waals surface area contributed by atoms with Gasteiger partial charge in [0.15, 0.2) is 0 Å². The Morgan fingerprint density at radius 2 is 2.00 bits per heavy atom. The van der Waals surface area contributed by atoms with Crippen LogP contribution in [0.2, 0.25) is 0 Å². The van der Waals surface area contributed by atoms with Gasteiger partial charge < -0.3 is 18.9 Å². The average Bonchev–Trinajstić information content (AvgIpc) is 3.39. The first kappa shape index (κ1) is 18.9. The number of carbonyl (C=O) groups excluding carboxylic acids is 1. The Kier molecular flexibility index (Phi) is 4.56. The Morgan fingerprint density at radius 1 is 1.14 bits per heavy atom. The average molecular weight is 489 g/mol. The van der Waals surface area contributed by atoms with Gasteiger partial charge in [0.1, 0.15) is 23.9 Å². The number of halogens is 2. The summed E-state index contributed by atoms with van der Waals surface area (Å²) in [6.45, 7) is -5.73. The van der Waals surface area contributed by atoms with Gasteiger partial charge in [-0.2, -0.15) is 8.78 Å². The second kappa shape index (κ2) is 8.68. The molecule has 0 aliphatic carbocycles. The molecule has 2 aliphatic heterocycles. The lowest BCUT2D eigenvalue weighted by atomic mass is 9.97. The van der Waals surface area contributed by atoms with Gasteiger partial charge in [-0.1, -0.05) is 36.1 Å². The number of ether oxygens (including phenoxy) is 2. The minimum absolute atomic E-state index is 0.0123. The molecule has 0 spiro atoms. The molecule has 180 valence electrons. The van der Waals surface area contributed by atoms with Crippen molar-refractivity contribution in [2.75, 3.05) is 13.6 Å². The van der Waals surface area contributed by atoms with Gasteiger partial charge in [0, 0.05) is 34.2 Å². The molecule has 2 bridgehead atoms. The highest BCUT2D eigenvalue weighted by Crippen LogP contribution is 2.49. The topological polar surface area (TPSA) is 56.6 Å². The van der Waals surface area contributed by atoms with Crippen molar-refractivity contribution < 1.29 is 27.2 Å². The van der Waals surface area contributed by atoms with Crippen LogP contribution in [-0.4, -0.2) is 40.6 Å². The van der Waals surface area contributed by atoms with Crippen molar-refractivity contribution in [3.8, 4) is 23.3 Å². The minimum atomic E-state index is -3.12. The van der Waals surface area contributed by atoms with E-state index in [2.05, 4.69) is 16.8 Å². The second-order valence-electron chi connectivity index (χ2n) is 8.49. The number of imidazole rings is 1. The molecule has 0 radical (unpaired) electrons. The highest BCUT2D eigenvalue weighted by Gasteiger charge is 2.44. The van der Waals surface area contributed by atoms with Crippen LogP contribution >= 0.6 is 0 Å². The maximum atomic E-state index is 13.5. The molecule has 4 aromatic rings. The maximum Gasteiger partial charge on any atom is 0.387 e. The number of benzene rings is 3. The lowest BCUT2D eigenvalue weighted by Crippen LogP contribution is -2.30. The van der Waals surface area contributed by atoms with Crippen molar-refractivity contribution in [3.05, 3.63) is 89.2 Å². The number of para-hydroxylation sites is 1. The maximum absolute atomic E-state index is 13.5. The normalized spacial score (nSPS) is 19.5. The van der Waals surface area contributed by atoms with Gasteiger partial charge in [0.2, 0.25) is 0 Å². The lowest BCUT2D eigenvalue weighted by Gasteiger charge is -2.24. The molecule has 0 fully saturated rings. The van der Waals surface area contributed by atoms with Crippen molar-refractivity contribution in [2.24, 2.45) is 0 Å². The van der Waals surface area contributed by atoms with Gasteiger partial charge in [0.05, 0.1) is 23.1 Å². The van der Waals surface area contributed by atoms with Crippen LogP contribution in [0.15, 0.2) is 66.7 Å². The molecular formula is C28H21F2N3O3. The van der Waals surface area contributed by atoms with Crippen molar-refractivity contribution in [3.63, 3.8) is 0 Å². The van der Waals surface area contributed by atoms with E-state index in [1.165, 1.54) is 18.2 Å². The standard InChI is InChI=1S/C28H21F2N3O3/c1-32-23-16-22(25-19(27(32)34)10-5-11-24(25)36-28(29)30)33-21-15-17(12-13-20(21)31-26(23)33)7-6-14-35-18-8-3-2-4-9-18/h2-5,8-13,15,22-23,28H,14,16H2,1H3/t22-,23-/m1/s1/i1D3. The van der Waals surface area contributed by atoms with Crippen molar-refractivity contribution in [1.29, 1.82) is 0 Å². The van der Waals surface area contributed by atoms with Crippen molar-refractivity contribution in [2.45, 2.75) is 25.1 Å². The predicted molar refractivity (Wildman–Crippen MR) is 129 cm³/mol. The zero-order valence-electron chi connectivity index (χ0n) is 21.8. The third kappa shape index (κ3) is 3.64. The van der Waals surface area contributed by atoms with Crippen LogP contribution in [0.4, 0.5) is 8.78 Å². The van der Waals surface area contributed by atoms with E-state index in [0.29, 0.717) is 28.2 Å². The van der Waals surface area contributed by atoms with Crippen molar-refractivity contribution >= 4 is 16.9 Å². The highest BCUT2D eigenvalue weighted by molar-refractivity contribution is 5.97. The number of aromatic nitrogens is 2. The van der Waals surface area contributed by atoms with Gasteiger partial charge in [-0.15, -0.1) is 0 Å². The SMILES string of the molecule is [2H]C([2H])([2H])N1C(=O)c2cccc(OC(F)F)c2[C@H]2C[C@@H]1c1nc3ccc(C#CCOc4ccccc4)cc3n12. The van der Waals surface area contributed by atoms with E-state index in [1.807, 2.05) is 41.0 Å². The van der Waals surface area contributed by atoms with Crippen LogP contribution in [0.25, 0.3) is 11.0 Å². The quantitative estimate of drug-likeness (QED) is 0.371. The number of fused-ring (bicyclic) bond motifs is 9. The van der Waals surface area contributed by atoms with Crippen LogP contribution in [0.1, 0.15) is 49.9 Å². The number of rotatable bonds is 4.